The van der Waals surface area contributed by atoms with Crippen LogP contribution in [0.15, 0.2) is 89.8 Å². The zero-order chi connectivity index (χ0) is 20.7. The number of carbonyl (C=O) groups excluding carboxylic acids is 1. The fourth-order valence-corrected chi connectivity index (χ4v) is 3.52. The van der Waals surface area contributed by atoms with Crippen molar-refractivity contribution in [1.29, 1.82) is 0 Å². The molecule has 0 saturated carbocycles. The molecule has 0 aliphatic carbocycles. The first kappa shape index (κ1) is 20.4. The molecule has 0 aliphatic heterocycles. The van der Waals surface area contributed by atoms with Gasteiger partial charge in [0.2, 0.25) is 15.9 Å². The molecule has 148 valence electrons. The minimum absolute atomic E-state index is 0.105. The Morgan fingerprint density at radius 1 is 0.897 bits per heavy atom. The summed E-state index contributed by atoms with van der Waals surface area (Å²) in [6.07, 6.45) is 2.88. The molecule has 0 aliphatic rings. The van der Waals surface area contributed by atoms with Crippen molar-refractivity contribution in [2.45, 2.75) is 11.4 Å². The normalized spacial score (nSPS) is 11.5. The molecular weight excluding hydrogens is 391 g/mol. The van der Waals surface area contributed by atoms with Crippen LogP contribution < -0.4 is 10.0 Å². The molecule has 0 heterocycles. The number of rotatable bonds is 7. The standard InChI is InChI=1S/C22H19FN2O3S/c23-19-9-6-17(7-10-19)8-15-22(26)25-20-11-13-21(14-12-20)29(27,28)24-16-18-4-2-1-3-5-18/h1-15,24H,16H2,(H,25,26)/b15-8+. The molecule has 0 saturated heterocycles. The molecule has 1 amide bonds. The third kappa shape index (κ3) is 6.10. The summed E-state index contributed by atoms with van der Waals surface area (Å²) in [4.78, 5) is 12.1. The van der Waals surface area contributed by atoms with E-state index in [0.717, 1.165) is 5.56 Å². The Labute approximate surface area is 169 Å². The lowest BCUT2D eigenvalue weighted by molar-refractivity contribution is -0.111. The molecule has 0 unspecified atom stereocenters. The second-order valence-corrected chi connectivity index (χ2v) is 7.98. The van der Waals surface area contributed by atoms with Gasteiger partial charge in [-0.1, -0.05) is 42.5 Å². The van der Waals surface area contributed by atoms with Gasteiger partial charge >= 0.3 is 0 Å². The fraction of sp³-hybridized carbons (Fsp3) is 0.0455. The SMILES string of the molecule is O=C(/C=C/c1ccc(F)cc1)Nc1ccc(S(=O)(=O)NCc2ccccc2)cc1. The van der Waals surface area contributed by atoms with E-state index in [0.29, 0.717) is 11.3 Å². The van der Waals surface area contributed by atoms with Crippen LogP contribution in [-0.2, 0) is 21.4 Å². The maximum atomic E-state index is 12.9. The summed E-state index contributed by atoms with van der Waals surface area (Å²) < 4.78 is 40.2. The van der Waals surface area contributed by atoms with E-state index in [2.05, 4.69) is 10.0 Å². The van der Waals surface area contributed by atoms with Crippen molar-refractivity contribution in [2.75, 3.05) is 5.32 Å². The van der Waals surface area contributed by atoms with Crippen molar-refractivity contribution in [1.82, 2.24) is 4.72 Å². The van der Waals surface area contributed by atoms with Gasteiger partial charge in [0.05, 0.1) is 4.90 Å². The summed E-state index contributed by atoms with van der Waals surface area (Å²) in [6, 6.07) is 20.8. The molecule has 29 heavy (non-hydrogen) atoms. The number of benzene rings is 3. The summed E-state index contributed by atoms with van der Waals surface area (Å²) in [7, 11) is -3.66. The minimum Gasteiger partial charge on any atom is -0.323 e. The largest absolute Gasteiger partial charge is 0.323 e. The molecule has 7 heteroatoms. The highest BCUT2D eigenvalue weighted by Gasteiger charge is 2.13. The molecule has 3 rings (SSSR count). The number of hydrogen-bond donors (Lipinski definition) is 2. The first-order valence-corrected chi connectivity index (χ1v) is 10.3. The van der Waals surface area contributed by atoms with E-state index in [4.69, 9.17) is 0 Å². The molecule has 3 aromatic rings. The molecule has 2 N–H and O–H groups in total. The van der Waals surface area contributed by atoms with Crippen molar-refractivity contribution >= 4 is 27.7 Å². The van der Waals surface area contributed by atoms with E-state index in [9.17, 15) is 17.6 Å². The van der Waals surface area contributed by atoms with Crippen LogP contribution in [0.4, 0.5) is 10.1 Å². The van der Waals surface area contributed by atoms with Gasteiger partial charge < -0.3 is 5.32 Å². The number of halogens is 1. The van der Waals surface area contributed by atoms with E-state index in [1.165, 1.54) is 42.5 Å². The molecule has 0 aromatic heterocycles. The Morgan fingerprint density at radius 2 is 1.55 bits per heavy atom. The van der Waals surface area contributed by atoms with Gasteiger partial charge in [0, 0.05) is 18.3 Å². The van der Waals surface area contributed by atoms with Crippen LogP contribution in [0.2, 0.25) is 0 Å². The fourth-order valence-electron chi connectivity index (χ4n) is 2.50. The minimum atomic E-state index is -3.66. The van der Waals surface area contributed by atoms with Gasteiger partial charge in [-0.2, -0.15) is 0 Å². The van der Waals surface area contributed by atoms with Crippen molar-refractivity contribution in [2.24, 2.45) is 0 Å². The number of nitrogens with one attached hydrogen (secondary N) is 2. The summed E-state index contributed by atoms with van der Waals surface area (Å²) in [5.74, 6) is -0.730. The van der Waals surface area contributed by atoms with E-state index in [-0.39, 0.29) is 23.2 Å². The van der Waals surface area contributed by atoms with Crippen molar-refractivity contribution in [3.63, 3.8) is 0 Å². The summed E-state index contributed by atoms with van der Waals surface area (Å²) in [5, 5.41) is 2.65. The van der Waals surface area contributed by atoms with E-state index >= 15 is 0 Å². The zero-order valence-electron chi connectivity index (χ0n) is 15.4. The van der Waals surface area contributed by atoms with Crippen LogP contribution in [0.5, 0.6) is 0 Å². The monoisotopic (exact) mass is 410 g/mol. The number of amides is 1. The van der Waals surface area contributed by atoms with E-state index < -0.39 is 10.0 Å². The summed E-state index contributed by atoms with van der Waals surface area (Å²) in [6.45, 7) is 0.190. The molecule has 0 bridgehead atoms. The number of hydrogen-bond acceptors (Lipinski definition) is 3. The van der Waals surface area contributed by atoms with Crippen molar-refractivity contribution in [3.8, 4) is 0 Å². The molecule has 5 nitrogen and oxygen atoms in total. The predicted octanol–water partition coefficient (Wildman–Crippen LogP) is 3.96. The maximum Gasteiger partial charge on any atom is 0.248 e. The third-order valence-electron chi connectivity index (χ3n) is 4.04. The van der Waals surface area contributed by atoms with Gasteiger partial charge in [-0.05, 0) is 53.6 Å². The highest BCUT2D eigenvalue weighted by atomic mass is 32.2. The van der Waals surface area contributed by atoms with Gasteiger partial charge in [-0.25, -0.2) is 17.5 Å². The summed E-state index contributed by atoms with van der Waals surface area (Å²) in [5.41, 5.74) is 2.00. The van der Waals surface area contributed by atoms with Crippen LogP contribution >= 0.6 is 0 Å². The zero-order valence-corrected chi connectivity index (χ0v) is 16.2. The Kier molecular flexibility index (Phi) is 6.54. The summed E-state index contributed by atoms with van der Waals surface area (Å²) >= 11 is 0. The van der Waals surface area contributed by atoms with Crippen LogP contribution in [0.1, 0.15) is 11.1 Å². The van der Waals surface area contributed by atoms with Crippen LogP contribution in [-0.4, -0.2) is 14.3 Å². The second-order valence-electron chi connectivity index (χ2n) is 6.21. The number of carbonyl (C=O) groups is 1. The molecule has 3 aromatic carbocycles. The first-order chi connectivity index (χ1) is 13.9. The highest BCUT2D eigenvalue weighted by Crippen LogP contribution is 2.15. The Balaban J connectivity index is 1.58. The van der Waals surface area contributed by atoms with Gasteiger partial charge in [0.15, 0.2) is 0 Å². The Bertz CT molecular complexity index is 1100. The van der Waals surface area contributed by atoms with Crippen molar-refractivity contribution < 1.29 is 17.6 Å². The number of anilines is 1. The van der Waals surface area contributed by atoms with Crippen LogP contribution in [0.3, 0.4) is 0 Å². The Hall–Kier alpha value is -3.29. The van der Waals surface area contributed by atoms with E-state index in [1.807, 2.05) is 30.3 Å². The first-order valence-electron chi connectivity index (χ1n) is 8.81. The third-order valence-corrected chi connectivity index (χ3v) is 5.46. The maximum absolute atomic E-state index is 12.9. The lowest BCUT2D eigenvalue weighted by Crippen LogP contribution is -2.23. The smallest absolute Gasteiger partial charge is 0.248 e. The average molecular weight is 410 g/mol. The quantitative estimate of drug-likeness (QED) is 0.579. The van der Waals surface area contributed by atoms with Crippen LogP contribution in [0.25, 0.3) is 6.08 Å². The molecule has 0 spiro atoms. The number of sulfonamides is 1. The van der Waals surface area contributed by atoms with Gasteiger partial charge in [0.1, 0.15) is 5.82 Å². The van der Waals surface area contributed by atoms with Gasteiger partial charge in [-0.15, -0.1) is 0 Å². The second kappa shape index (κ2) is 9.27. The van der Waals surface area contributed by atoms with Gasteiger partial charge in [0.25, 0.3) is 0 Å². The highest BCUT2D eigenvalue weighted by molar-refractivity contribution is 7.89. The lowest BCUT2D eigenvalue weighted by atomic mass is 10.2. The topological polar surface area (TPSA) is 75.3 Å². The molecule has 0 radical (unpaired) electrons. The molecule has 0 atom stereocenters. The molecular formula is C22H19FN2O3S. The van der Waals surface area contributed by atoms with Crippen LogP contribution in [0, 0.1) is 5.82 Å². The molecule has 0 fully saturated rings. The lowest BCUT2D eigenvalue weighted by Gasteiger charge is -2.08. The van der Waals surface area contributed by atoms with Crippen molar-refractivity contribution in [3.05, 3.63) is 102 Å². The van der Waals surface area contributed by atoms with E-state index in [1.54, 1.807) is 18.2 Å². The average Bonchev–Trinajstić information content (AvgIpc) is 2.73. The predicted molar refractivity (Wildman–Crippen MR) is 111 cm³/mol. The Morgan fingerprint density at radius 3 is 2.21 bits per heavy atom. The van der Waals surface area contributed by atoms with Gasteiger partial charge in [-0.3, -0.25) is 4.79 Å².